The van der Waals surface area contributed by atoms with Crippen LogP contribution in [0, 0.1) is 0 Å². The molecule has 0 saturated carbocycles. The van der Waals surface area contributed by atoms with Crippen LogP contribution in [0.1, 0.15) is 42.3 Å². The van der Waals surface area contributed by atoms with Gasteiger partial charge < -0.3 is 14.8 Å². The number of para-hydroxylation sites is 2. The molecule has 0 aliphatic heterocycles. The minimum atomic E-state index is -4.06. The Balaban J connectivity index is 1.34. The summed E-state index contributed by atoms with van der Waals surface area (Å²) in [7, 11) is -2.83. The maximum Gasteiger partial charge on any atom is 0.328 e. The van der Waals surface area contributed by atoms with Crippen LogP contribution in [0.2, 0.25) is 5.02 Å². The van der Waals surface area contributed by atoms with E-state index in [1.165, 1.54) is 37.4 Å². The van der Waals surface area contributed by atoms with E-state index in [1.807, 2.05) is 99.6 Å². The van der Waals surface area contributed by atoms with Crippen molar-refractivity contribution in [2.24, 2.45) is 0 Å². The van der Waals surface area contributed by atoms with E-state index in [1.54, 1.807) is 12.1 Å². The third-order valence-corrected chi connectivity index (χ3v) is 9.47. The fraction of sp³-hybridized carbons (Fsp3) is 0.179. The molecule has 0 unspecified atom stereocenters. The van der Waals surface area contributed by atoms with E-state index in [0.29, 0.717) is 11.5 Å². The molecule has 0 aliphatic carbocycles. The molecular weight excluding hydrogens is 660 g/mol. The Labute approximate surface area is 292 Å². The van der Waals surface area contributed by atoms with E-state index in [-0.39, 0.29) is 33.0 Å². The van der Waals surface area contributed by atoms with Crippen LogP contribution in [0.4, 0.5) is 5.69 Å². The molecule has 8 nitrogen and oxygen atoms in total. The van der Waals surface area contributed by atoms with Crippen molar-refractivity contribution in [3.8, 4) is 22.6 Å². The summed E-state index contributed by atoms with van der Waals surface area (Å²) in [4.78, 5) is 26.5. The summed E-state index contributed by atoms with van der Waals surface area (Å²) in [5.41, 5.74) is 3.32. The van der Waals surface area contributed by atoms with Gasteiger partial charge in [-0.1, -0.05) is 105 Å². The average molecular weight is 697 g/mol. The van der Waals surface area contributed by atoms with Crippen LogP contribution < -0.4 is 14.8 Å². The maximum atomic E-state index is 13.6. The predicted molar refractivity (Wildman–Crippen MR) is 193 cm³/mol. The van der Waals surface area contributed by atoms with Gasteiger partial charge in [0.25, 0.3) is 15.9 Å². The first kappa shape index (κ1) is 35.2. The summed E-state index contributed by atoms with van der Waals surface area (Å²) < 4.78 is 40.3. The highest BCUT2D eigenvalue weighted by Crippen LogP contribution is 2.33. The summed E-state index contributed by atoms with van der Waals surface area (Å²) in [6.07, 6.45) is 0.114. The topological polar surface area (TPSA) is 111 Å². The molecular formula is C39H37ClN2O6S. The SMILES string of the molecule is COC(=O)[C@H](Cc1ccc(-c2ccccc2Oc2ccccc2)cc1)NC(=O)c1cc(Cl)ccc1NS(=O)(=O)c1ccc(C(C)(C)C)cc1. The lowest BCUT2D eigenvalue weighted by molar-refractivity contribution is -0.142. The van der Waals surface area contributed by atoms with Crippen molar-refractivity contribution in [2.45, 2.75) is 43.5 Å². The molecule has 0 spiro atoms. The lowest BCUT2D eigenvalue weighted by Crippen LogP contribution is -2.43. The first-order valence-corrected chi connectivity index (χ1v) is 17.4. The van der Waals surface area contributed by atoms with Gasteiger partial charge in [0.1, 0.15) is 17.5 Å². The number of sulfonamides is 1. The third-order valence-electron chi connectivity index (χ3n) is 7.86. The molecule has 1 amide bonds. The number of benzene rings is 5. The number of esters is 1. The fourth-order valence-electron chi connectivity index (χ4n) is 5.17. The Morgan fingerprint density at radius 2 is 1.47 bits per heavy atom. The quantitative estimate of drug-likeness (QED) is 0.134. The highest BCUT2D eigenvalue weighted by atomic mass is 35.5. The molecule has 5 aromatic carbocycles. The largest absolute Gasteiger partial charge is 0.467 e. The highest BCUT2D eigenvalue weighted by Gasteiger charge is 2.26. The van der Waals surface area contributed by atoms with E-state index >= 15 is 0 Å². The van der Waals surface area contributed by atoms with Crippen LogP contribution in [-0.4, -0.2) is 33.4 Å². The van der Waals surface area contributed by atoms with Gasteiger partial charge in [-0.2, -0.15) is 0 Å². The van der Waals surface area contributed by atoms with Crippen molar-refractivity contribution in [3.05, 3.63) is 143 Å². The molecule has 5 aromatic rings. The molecule has 0 radical (unpaired) electrons. The van der Waals surface area contributed by atoms with Gasteiger partial charge in [-0.3, -0.25) is 9.52 Å². The zero-order valence-corrected chi connectivity index (χ0v) is 29.1. The van der Waals surface area contributed by atoms with Gasteiger partial charge in [0.05, 0.1) is 23.3 Å². The second-order valence-corrected chi connectivity index (χ2v) is 14.6. The van der Waals surface area contributed by atoms with Gasteiger partial charge in [0.15, 0.2) is 0 Å². The molecule has 0 aliphatic rings. The minimum Gasteiger partial charge on any atom is -0.467 e. The van der Waals surface area contributed by atoms with Gasteiger partial charge in [0, 0.05) is 17.0 Å². The zero-order valence-electron chi connectivity index (χ0n) is 27.6. The molecule has 10 heteroatoms. The lowest BCUT2D eigenvalue weighted by atomic mass is 9.87. The number of amides is 1. The predicted octanol–water partition coefficient (Wildman–Crippen LogP) is 8.41. The maximum absolute atomic E-state index is 13.6. The molecule has 0 fully saturated rings. The van der Waals surface area contributed by atoms with Gasteiger partial charge in [-0.15, -0.1) is 0 Å². The number of anilines is 1. The Hall–Kier alpha value is -5.12. The van der Waals surface area contributed by atoms with Crippen molar-refractivity contribution < 1.29 is 27.5 Å². The van der Waals surface area contributed by atoms with E-state index in [2.05, 4.69) is 10.0 Å². The zero-order chi connectivity index (χ0) is 35.2. The van der Waals surface area contributed by atoms with Crippen molar-refractivity contribution >= 4 is 39.2 Å². The van der Waals surface area contributed by atoms with Crippen molar-refractivity contribution in [2.75, 3.05) is 11.8 Å². The number of methoxy groups -OCH3 is 1. The van der Waals surface area contributed by atoms with E-state index in [0.717, 1.165) is 22.3 Å². The first-order chi connectivity index (χ1) is 23.3. The molecule has 252 valence electrons. The molecule has 0 bridgehead atoms. The number of carbonyl (C=O) groups is 2. The van der Waals surface area contributed by atoms with Crippen LogP contribution in [0.15, 0.2) is 126 Å². The Morgan fingerprint density at radius 3 is 2.12 bits per heavy atom. The summed E-state index contributed by atoms with van der Waals surface area (Å²) in [6, 6.07) is 34.4. The van der Waals surface area contributed by atoms with Crippen LogP contribution in [0.3, 0.4) is 0 Å². The van der Waals surface area contributed by atoms with Crippen LogP contribution in [-0.2, 0) is 31.4 Å². The Bertz CT molecular complexity index is 2040. The summed E-state index contributed by atoms with van der Waals surface area (Å²) >= 11 is 6.23. The summed E-state index contributed by atoms with van der Waals surface area (Å²) in [5.74, 6) is 0.0362. The second-order valence-electron chi connectivity index (χ2n) is 12.4. The lowest BCUT2D eigenvalue weighted by Gasteiger charge is -2.20. The standard InChI is InChI=1S/C39H37ClN2O6S/c1-39(2,3)28-18-21-31(22-19-28)49(45,46)42-34-23-20-29(40)25-33(34)37(43)41-35(38(44)47-4)24-26-14-16-27(17-15-26)32-12-8-9-13-36(32)48-30-10-6-5-7-11-30/h5-23,25,35,42H,24H2,1-4H3,(H,41,43)/t35-/m0/s1. The molecule has 0 aromatic heterocycles. The smallest absolute Gasteiger partial charge is 0.328 e. The first-order valence-electron chi connectivity index (χ1n) is 15.6. The summed E-state index contributed by atoms with van der Waals surface area (Å²) in [6.45, 7) is 6.10. The third kappa shape index (κ3) is 8.87. The molecule has 2 N–H and O–H groups in total. The van der Waals surface area contributed by atoms with Crippen molar-refractivity contribution in [3.63, 3.8) is 0 Å². The van der Waals surface area contributed by atoms with Gasteiger partial charge >= 0.3 is 5.97 Å². The van der Waals surface area contributed by atoms with Crippen molar-refractivity contribution in [1.82, 2.24) is 5.32 Å². The average Bonchev–Trinajstić information content (AvgIpc) is 3.09. The number of carbonyl (C=O) groups excluding carboxylic acids is 2. The van der Waals surface area contributed by atoms with Crippen LogP contribution in [0.5, 0.6) is 11.5 Å². The summed E-state index contributed by atoms with van der Waals surface area (Å²) in [5, 5.41) is 2.92. The monoisotopic (exact) mass is 696 g/mol. The molecule has 0 heterocycles. The van der Waals surface area contributed by atoms with Crippen molar-refractivity contribution in [1.29, 1.82) is 0 Å². The molecule has 0 saturated heterocycles. The Kier molecular flexibility index (Phi) is 10.8. The van der Waals surface area contributed by atoms with E-state index in [9.17, 15) is 18.0 Å². The van der Waals surface area contributed by atoms with E-state index in [4.69, 9.17) is 21.1 Å². The Morgan fingerprint density at radius 1 is 0.816 bits per heavy atom. The fourth-order valence-corrected chi connectivity index (χ4v) is 6.42. The van der Waals surface area contributed by atoms with Gasteiger partial charge in [-0.25, -0.2) is 13.2 Å². The number of nitrogens with one attached hydrogen (secondary N) is 2. The van der Waals surface area contributed by atoms with Gasteiger partial charge in [0.2, 0.25) is 0 Å². The molecule has 5 rings (SSSR count). The number of halogens is 1. The second kappa shape index (κ2) is 15.0. The number of ether oxygens (including phenoxy) is 2. The van der Waals surface area contributed by atoms with Gasteiger partial charge in [-0.05, 0) is 70.6 Å². The number of rotatable bonds is 11. The molecule has 49 heavy (non-hydrogen) atoms. The van der Waals surface area contributed by atoms with Crippen LogP contribution >= 0.6 is 11.6 Å². The number of hydrogen-bond donors (Lipinski definition) is 2. The van der Waals surface area contributed by atoms with E-state index < -0.39 is 27.9 Å². The normalized spacial score (nSPS) is 12.1. The highest BCUT2D eigenvalue weighted by molar-refractivity contribution is 7.92. The minimum absolute atomic E-state index is 0.00570. The molecule has 1 atom stereocenters. The number of hydrogen-bond acceptors (Lipinski definition) is 6. The van der Waals surface area contributed by atoms with Crippen LogP contribution in [0.25, 0.3) is 11.1 Å².